The summed E-state index contributed by atoms with van der Waals surface area (Å²) in [5, 5.41) is 0.0219. The Balaban J connectivity index is 1.54. The van der Waals surface area contributed by atoms with Crippen LogP contribution in [-0.2, 0) is 11.2 Å². The predicted molar refractivity (Wildman–Crippen MR) is 96.5 cm³/mol. The number of thioether (sulfide) groups is 1. The average Bonchev–Trinajstić information content (AvgIpc) is 3.28. The Bertz CT molecular complexity index is 736. The third kappa shape index (κ3) is 2.80. The highest BCUT2D eigenvalue weighted by Gasteiger charge is 2.37. The number of nitrogens with zero attached hydrogens (tertiary/aromatic N) is 1. The van der Waals surface area contributed by atoms with Crippen LogP contribution in [0.2, 0.25) is 0 Å². The number of hydrogen-bond acceptors (Lipinski definition) is 3. The number of amides is 1. The minimum Gasteiger partial charge on any atom is -0.497 e. The van der Waals surface area contributed by atoms with Crippen LogP contribution in [0, 0.1) is 0 Å². The molecule has 0 bridgehead atoms. The number of rotatable bonds is 3. The first-order valence-corrected chi connectivity index (χ1v) is 9.33. The first kappa shape index (κ1) is 15.6. The maximum Gasteiger partial charge on any atom is 0.236 e. The number of benzene rings is 2. The molecule has 3 nitrogen and oxygen atoms in total. The van der Waals surface area contributed by atoms with Crippen molar-refractivity contribution in [3.05, 3.63) is 59.7 Å². The summed E-state index contributed by atoms with van der Waals surface area (Å²) in [6, 6.07) is 16.7. The summed E-state index contributed by atoms with van der Waals surface area (Å²) < 4.78 is 5.34. The predicted octanol–water partition coefficient (Wildman–Crippen LogP) is 4.08. The summed E-state index contributed by atoms with van der Waals surface area (Å²) in [6.07, 6.45) is 2.95. The van der Waals surface area contributed by atoms with E-state index in [-0.39, 0.29) is 17.2 Å². The van der Waals surface area contributed by atoms with Crippen LogP contribution < -0.4 is 4.74 Å². The molecule has 2 atom stereocenters. The van der Waals surface area contributed by atoms with Crippen LogP contribution >= 0.6 is 11.8 Å². The van der Waals surface area contributed by atoms with Crippen LogP contribution in [-0.4, -0.2) is 29.7 Å². The van der Waals surface area contributed by atoms with Gasteiger partial charge in [0.1, 0.15) is 5.75 Å². The Morgan fingerprint density at radius 1 is 1.21 bits per heavy atom. The maximum absolute atomic E-state index is 13.1. The Labute approximate surface area is 147 Å². The monoisotopic (exact) mass is 339 g/mol. The fourth-order valence-electron chi connectivity index (χ4n) is 3.73. The van der Waals surface area contributed by atoms with Gasteiger partial charge >= 0.3 is 0 Å². The second kappa shape index (κ2) is 6.52. The van der Waals surface area contributed by atoms with Gasteiger partial charge in [0.15, 0.2) is 0 Å². The zero-order chi connectivity index (χ0) is 16.5. The average molecular weight is 339 g/mol. The van der Waals surface area contributed by atoms with E-state index in [9.17, 15) is 4.79 Å². The van der Waals surface area contributed by atoms with E-state index in [1.54, 1.807) is 18.9 Å². The molecule has 2 aromatic rings. The Morgan fingerprint density at radius 3 is 2.92 bits per heavy atom. The molecule has 2 heterocycles. The summed E-state index contributed by atoms with van der Waals surface area (Å²) in [4.78, 5) is 16.5. The molecule has 0 aromatic heterocycles. The minimum absolute atomic E-state index is 0.0219. The lowest BCUT2D eigenvalue weighted by molar-refractivity contribution is -0.131. The van der Waals surface area contributed by atoms with Gasteiger partial charge in [-0.2, -0.15) is 0 Å². The van der Waals surface area contributed by atoms with E-state index in [0.29, 0.717) is 0 Å². The second-order valence-corrected chi connectivity index (χ2v) is 7.63. The first-order chi connectivity index (χ1) is 11.8. The van der Waals surface area contributed by atoms with Crippen molar-refractivity contribution < 1.29 is 9.53 Å². The minimum atomic E-state index is 0.0219. The summed E-state index contributed by atoms with van der Waals surface area (Å²) in [5.41, 5.74) is 2.48. The molecule has 0 spiro atoms. The summed E-state index contributed by atoms with van der Waals surface area (Å²) in [5.74, 6) is 1.14. The topological polar surface area (TPSA) is 29.5 Å². The SMILES string of the molecule is COc1cccc([C@H]2CCCN2C(=O)[C@@H]2Cc3ccccc3S2)c1. The van der Waals surface area contributed by atoms with E-state index in [1.807, 2.05) is 18.2 Å². The normalized spacial score (nSPS) is 22.5. The van der Waals surface area contributed by atoms with Gasteiger partial charge in [0.25, 0.3) is 0 Å². The lowest BCUT2D eigenvalue weighted by Gasteiger charge is -2.27. The molecule has 0 N–H and O–H groups in total. The molecular formula is C20H21NO2S. The highest BCUT2D eigenvalue weighted by molar-refractivity contribution is 8.01. The molecule has 2 aliphatic rings. The van der Waals surface area contributed by atoms with Gasteiger partial charge in [-0.1, -0.05) is 30.3 Å². The lowest BCUT2D eigenvalue weighted by atomic mass is 10.0. The van der Waals surface area contributed by atoms with Gasteiger partial charge in [-0.3, -0.25) is 4.79 Å². The molecule has 4 heteroatoms. The molecule has 24 heavy (non-hydrogen) atoms. The number of carbonyl (C=O) groups is 1. The Morgan fingerprint density at radius 2 is 2.08 bits per heavy atom. The molecule has 0 aliphatic carbocycles. The van der Waals surface area contributed by atoms with Crippen LogP contribution in [0.1, 0.15) is 30.0 Å². The number of methoxy groups -OCH3 is 1. The largest absolute Gasteiger partial charge is 0.497 e. The van der Waals surface area contributed by atoms with E-state index >= 15 is 0 Å². The van der Waals surface area contributed by atoms with Gasteiger partial charge in [-0.25, -0.2) is 0 Å². The highest BCUT2D eigenvalue weighted by Crippen LogP contribution is 2.41. The van der Waals surface area contributed by atoms with E-state index < -0.39 is 0 Å². The molecule has 2 aromatic carbocycles. The summed E-state index contributed by atoms with van der Waals surface area (Å²) in [6.45, 7) is 0.855. The van der Waals surface area contributed by atoms with Gasteiger partial charge < -0.3 is 9.64 Å². The van der Waals surface area contributed by atoms with Crippen LogP contribution in [0.3, 0.4) is 0 Å². The molecule has 4 rings (SSSR count). The third-order valence-corrected chi connectivity index (χ3v) is 6.24. The molecule has 1 fully saturated rings. The zero-order valence-electron chi connectivity index (χ0n) is 13.8. The van der Waals surface area contributed by atoms with Gasteiger partial charge in [0, 0.05) is 11.4 Å². The number of hydrogen-bond donors (Lipinski definition) is 0. The fourth-order valence-corrected chi connectivity index (χ4v) is 5.00. The zero-order valence-corrected chi connectivity index (χ0v) is 14.6. The number of ether oxygens (including phenoxy) is 1. The summed E-state index contributed by atoms with van der Waals surface area (Å²) in [7, 11) is 1.68. The highest BCUT2D eigenvalue weighted by atomic mass is 32.2. The third-order valence-electron chi connectivity index (χ3n) is 4.94. The van der Waals surface area contributed by atoms with Crippen molar-refractivity contribution in [3.63, 3.8) is 0 Å². The molecule has 0 unspecified atom stereocenters. The molecular weight excluding hydrogens is 318 g/mol. The molecule has 0 radical (unpaired) electrons. The number of carbonyl (C=O) groups excluding carboxylic acids is 1. The fraction of sp³-hybridized carbons (Fsp3) is 0.350. The van der Waals surface area contributed by atoms with Crippen molar-refractivity contribution in [2.75, 3.05) is 13.7 Å². The van der Waals surface area contributed by atoms with Crippen LogP contribution in [0.15, 0.2) is 53.4 Å². The smallest absolute Gasteiger partial charge is 0.236 e. The van der Waals surface area contributed by atoms with Gasteiger partial charge in [0.05, 0.1) is 18.4 Å². The van der Waals surface area contributed by atoms with Crippen molar-refractivity contribution in [2.24, 2.45) is 0 Å². The van der Waals surface area contributed by atoms with Crippen molar-refractivity contribution >= 4 is 17.7 Å². The quantitative estimate of drug-likeness (QED) is 0.844. The van der Waals surface area contributed by atoms with Gasteiger partial charge in [0.2, 0.25) is 5.91 Å². The van der Waals surface area contributed by atoms with Gasteiger partial charge in [-0.15, -0.1) is 11.8 Å². The van der Waals surface area contributed by atoms with Crippen molar-refractivity contribution in [2.45, 2.75) is 35.4 Å². The maximum atomic E-state index is 13.1. The Hall–Kier alpha value is -1.94. The van der Waals surface area contributed by atoms with Crippen LogP contribution in [0.4, 0.5) is 0 Å². The van der Waals surface area contributed by atoms with E-state index in [4.69, 9.17) is 4.74 Å². The van der Waals surface area contributed by atoms with Crippen molar-refractivity contribution in [3.8, 4) is 5.75 Å². The van der Waals surface area contributed by atoms with Crippen molar-refractivity contribution in [1.29, 1.82) is 0 Å². The molecule has 1 amide bonds. The molecule has 2 aliphatic heterocycles. The first-order valence-electron chi connectivity index (χ1n) is 8.45. The van der Waals surface area contributed by atoms with Crippen molar-refractivity contribution in [1.82, 2.24) is 4.90 Å². The number of likely N-dealkylation sites (tertiary alicyclic amines) is 1. The van der Waals surface area contributed by atoms with E-state index in [2.05, 4.69) is 35.2 Å². The number of fused-ring (bicyclic) bond motifs is 1. The van der Waals surface area contributed by atoms with E-state index in [1.165, 1.54) is 16.0 Å². The molecule has 124 valence electrons. The Kier molecular flexibility index (Phi) is 4.23. The van der Waals surface area contributed by atoms with Crippen LogP contribution in [0.5, 0.6) is 5.75 Å². The lowest BCUT2D eigenvalue weighted by Crippen LogP contribution is -2.37. The van der Waals surface area contributed by atoms with Gasteiger partial charge in [-0.05, 0) is 48.6 Å². The molecule has 1 saturated heterocycles. The summed E-state index contributed by atoms with van der Waals surface area (Å²) >= 11 is 1.72. The van der Waals surface area contributed by atoms with E-state index in [0.717, 1.165) is 31.6 Å². The second-order valence-electron chi connectivity index (χ2n) is 6.38. The van der Waals surface area contributed by atoms with Crippen LogP contribution in [0.25, 0.3) is 0 Å². The standard InChI is InChI=1S/C20H21NO2S/c1-23-16-8-4-7-14(12-16)17-9-5-11-21(17)20(22)19-13-15-6-2-3-10-18(15)24-19/h2-4,6-8,10,12,17,19H,5,9,11,13H2,1H3/t17-,19+/m1/s1. The molecule has 0 saturated carbocycles.